The second kappa shape index (κ2) is 9.20. The number of rotatable bonds is 6. The molecule has 0 unspecified atom stereocenters. The van der Waals surface area contributed by atoms with E-state index >= 15 is 0 Å². The summed E-state index contributed by atoms with van der Waals surface area (Å²) in [6.45, 7) is 3.54. The molecule has 1 N–H and O–H groups in total. The number of benzene rings is 2. The molecule has 1 amide bonds. The van der Waals surface area contributed by atoms with Gasteiger partial charge in [0.25, 0.3) is 5.91 Å². The monoisotopic (exact) mass is 419 g/mol. The Morgan fingerprint density at radius 1 is 1.16 bits per heavy atom. The van der Waals surface area contributed by atoms with E-state index in [0.717, 1.165) is 0 Å². The lowest BCUT2D eigenvalue weighted by Gasteiger charge is -2.10. The van der Waals surface area contributed by atoms with E-state index in [4.69, 9.17) is 16.3 Å². The van der Waals surface area contributed by atoms with Crippen LogP contribution in [0.5, 0.6) is 0 Å². The highest BCUT2D eigenvalue weighted by Gasteiger charge is 2.17. The molecule has 0 aromatic heterocycles. The van der Waals surface area contributed by atoms with E-state index in [9.17, 15) is 9.59 Å². The molecular formula is C19H15BrClNO3. The highest BCUT2D eigenvalue weighted by atomic mass is 79.9. The average Bonchev–Trinajstić information content (AvgIpc) is 2.61. The van der Waals surface area contributed by atoms with Crippen LogP contribution < -0.4 is 5.32 Å². The molecule has 0 aliphatic heterocycles. The lowest BCUT2D eigenvalue weighted by atomic mass is 10.1. The maximum atomic E-state index is 12.5. The summed E-state index contributed by atoms with van der Waals surface area (Å²) in [4.78, 5) is 24.7. The van der Waals surface area contributed by atoms with Gasteiger partial charge in [-0.25, -0.2) is 4.79 Å². The third-order valence-corrected chi connectivity index (χ3v) is 4.04. The van der Waals surface area contributed by atoms with Gasteiger partial charge in [0.15, 0.2) is 0 Å². The van der Waals surface area contributed by atoms with Gasteiger partial charge < -0.3 is 10.1 Å². The van der Waals surface area contributed by atoms with E-state index in [0.29, 0.717) is 20.6 Å². The molecule has 0 saturated carbocycles. The molecule has 0 saturated heterocycles. The molecule has 0 fully saturated rings. The van der Waals surface area contributed by atoms with Crippen LogP contribution in [0.25, 0.3) is 6.08 Å². The van der Waals surface area contributed by atoms with Crippen LogP contribution in [0.2, 0.25) is 5.02 Å². The van der Waals surface area contributed by atoms with Gasteiger partial charge in [-0.3, -0.25) is 4.79 Å². The molecular weight excluding hydrogens is 406 g/mol. The molecule has 2 aromatic rings. The van der Waals surface area contributed by atoms with Gasteiger partial charge in [-0.15, -0.1) is 0 Å². The lowest BCUT2D eigenvalue weighted by molar-refractivity contribution is -0.138. The molecule has 0 heterocycles. The Morgan fingerprint density at radius 3 is 2.48 bits per heavy atom. The molecule has 4 nitrogen and oxygen atoms in total. The second-order valence-electron chi connectivity index (χ2n) is 4.93. The maximum absolute atomic E-state index is 12.5. The second-order valence-corrected chi connectivity index (χ2v) is 6.22. The largest absolute Gasteiger partial charge is 0.457 e. The van der Waals surface area contributed by atoms with Crippen LogP contribution in [0, 0.1) is 0 Å². The normalized spacial score (nSPS) is 10.9. The van der Waals surface area contributed by atoms with Crippen LogP contribution in [0.1, 0.15) is 15.9 Å². The summed E-state index contributed by atoms with van der Waals surface area (Å²) in [5.41, 5.74) is 1.12. The smallest absolute Gasteiger partial charge is 0.355 e. The molecule has 2 aromatic carbocycles. The maximum Gasteiger partial charge on any atom is 0.355 e. The Hall–Kier alpha value is -2.37. The van der Waals surface area contributed by atoms with Crippen molar-refractivity contribution in [2.45, 2.75) is 0 Å². The van der Waals surface area contributed by atoms with Crippen LogP contribution >= 0.6 is 27.5 Å². The van der Waals surface area contributed by atoms with E-state index in [1.54, 1.807) is 48.5 Å². The summed E-state index contributed by atoms with van der Waals surface area (Å²) >= 11 is 9.18. The summed E-state index contributed by atoms with van der Waals surface area (Å²) in [7, 11) is 0. The van der Waals surface area contributed by atoms with E-state index in [1.165, 1.54) is 12.2 Å². The molecule has 0 aliphatic carbocycles. The van der Waals surface area contributed by atoms with Gasteiger partial charge in [0, 0.05) is 9.50 Å². The Bertz CT molecular complexity index is 816. The van der Waals surface area contributed by atoms with Crippen molar-refractivity contribution in [3.63, 3.8) is 0 Å². The standard InChI is InChI=1S/C19H15BrClNO3/c1-2-11-25-19(24)17(12-13-7-9-14(21)10-8-13)22-18(23)15-5-3-4-6-16(15)20/h2-10,12H,1,11H2,(H,22,23)/b17-12-. The predicted octanol–water partition coefficient (Wildman–Crippen LogP) is 4.60. The topological polar surface area (TPSA) is 55.4 Å². The molecule has 25 heavy (non-hydrogen) atoms. The summed E-state index contributed by atoms with van der Waals surface area (Å²) in [5.74, 6) is -1.08. The molecule has 128 valence electrons. The highest BCUT2D eigenvalue weighted by molar-refractivity contribution is 9.10. The summed E-state index contributed by atoms with van der Waals surface area (Å²) in [5, 5.41) is 3.17. The number of amides is 1. The first-order chi connectivity index (χ1) is 12.0. The van der Waals surface area contributed by atoms with E-state index < -0.39 is 11.9 Å². The molecule has 0 radical (unpaired) electrons. The van der Waals surface area contributed by atoms with E-state index in [2.05, 4.69) is 27.8 Å². The Labute approximate surface area is 159 Å². The van der Waals surface area contributed by atoms with Crippen molar-refractivity contribution in [1.29, 1.82) is 0 Å². The van der Waals surface area contributed by atoms with Gasteiger partial charge in [0.05, 0.1) is 5.56 Å². The van der Waals surface area contributed by atoms with Gasteiger partial charge in [-0.05, 0) is 51.8 Å². The number of nitrogens with one attached hydrogen (secondary N) is 1. The van der Waals surface area contributed by atoms with Crippen molar-refractivity contribution < 1.29 is 14.3 Å². The average molecular weight is 421 g/mol. The minimum atomic E-state index is -0.657. The summed E-state index contributed by atoms with van der Waals surface area (Å²) in [6.07, 6.45) is 2.98. The molecule has 6 heteroatoms. The summed E-state index contributed by atoms with van der Waals surface area (Å²) < 4.78 is 5.66. The first-order valence-electron chi connectivity index (χ1n) is 7.32. The predicted molar refractivity (Wildman–Crippen MR) is 102 cm³/mol. The third-order valence-electron chi connectivity index (χ3n) is 3.10. The number of carbonyl (C=O) groups is 2. The van der Waals surface area contributed by atoms with Gasteiger partial charge in [0.1, 0.15) is 12.3 Å². The van der Waals surface area contributed by atoms with Crippen molar-refractivity contribution in [3.05, 3.63) is 87.5 Å². The van der Waals surface area contributed by atoms with Gasteiger partial charge in [-0.2, -0.15) is 0 Å². The first kappa shape index (κ1) is 19.0. The number of hydrogen-bond acceptors (Lipinski definition) is 3. The molecule has 0 atom stereocenters. The fraction of sp³-hybridized carbons (Fsp3) is 0.0526. The number of carbonyl (C=O) groups excluding carboxylic acids is 2. The van der Waals surface area contributed by atoms with Gasteiger partial charge in [-0.1, -0.05) is 48.5 Å². The minimum Gasteiger partial charge on any atom is -0.457 e. The summed E-state index contributed by atoms with van der Waals surface area (Å²) in [6, 6.07) is 13.8. The third kappa shape index (κ3) is 5.59. The van der Waals surface area contributed by atoms with Gasteiger partial charge in [0.2, 0.25) is 0 Å². The highest BCUT2D eigenvalue weighted by Crippen LogP contribution is 2.17. The molecule has 0 bridgehead atoms. The number of esters is 1. The van der Waals surface area contributed by atoms with Crippen molar-refractivity contribution in [2.75, 3.05) is 6.61 Å². The van der Waals surface area contributed by atoms with Crippen LogP contribution in [0.15, 0.2) is 71.4 Å². The van der Waals surface area contributed by atoms with Crippen molar-refractivity contribution >= 4 is 45.5 Å². The van der Waals surface area contributed by atoms with Crippen LogP contribution in [-0.4, -0.2) is 18.5 Å². The van der Waals surface area contributed by atoms with Crippen LogP contribution in [0.3, 0.4) is 0 Å². The zero-order chi connectivity index (χ0) is 18.2. The van der Waals surface area contributed by atoms with Crippen LogP contribution in [-0.2, 0) is 9.53 Å². The van der Waals surface area contributed by atoms with Crippen molar-refractivity contribution in [1.82, 2.24) is 5.32 Å². The fourth-order valence-corrected chi connectivity index (χ4v) is 2.51. The molecule has 2 rings (SSSR count). The van der Waals surface area contributed by atoms with Gasteiger partial charge >= 0.3 is 5.97 Å². The minimum absolute atomic E-state index is 0.0184. The fourth-order valence-electron chi connectivity index (χ4n) is 1.92. The van der Waals surface area contributed by atoms with Crippen LogP contribution in [0.4, 0.5) is 0 Å². The SMILES string of the molecule is C=CCOC(=O)/C(=C/c1ccc(Cl)cc1)NC(=O)c1ccccc1Br. The van der Waals surface area contributed by atoms with E-state index in [-0.39, 0.29) is 12.3 Å². The first-order valence-corrected chi connectivity index (χ1v) is 8.49. The quantitative estimate of drug-likeness (QED) is 0.422. The zero-order valence-corrected chi connectivity index (χ0v) is 15.5. The Morgan fingerprint density at radius 2 is 1.84 bits per heavy atom. The molecule has 0 aliphatic rings. The van der Waals surface area contributed by atoms with Crippen molar-refractivity contribution in [3.8, 4) is 0 Å². The Balaban J connectivity index is 2.29. The Kier molecular flexibility index (Phi) is 6.98. The lowest BCUT2D eigenvalue weighted by Crippen LogP contribution is -2.28. The zero-order valence-electron chi connectivity index (χ0n) is 13.2. The number of hydrogen-bond donors (Lipinski definition) is 1. The van der Waals surface area contributed by atoms with Crippen molar-refractivity contribution in [2.24, 2.45) is 0 Å². The molecule has 0 spiro atoms. The number of halogens is 2. The number of ether oxygens (including phenoxy) is 1. The van der Waals surface area contributed by atoms with E-state index in [1.807, 2.05) is 0 Å².